The predicted octanol–water partition coefficient (Wildman–Crippen LogP) is 0.682. The maximum Gasteiger partial charge on any atom is 0.255 e. The molecule has 0 spiro atoms. The molecule has 0 radical (unpaired) electrons. The van der Waals surface area contributed by atoms with Gasteiger partial charge in [0, 0.05) is 6.54 Å². The molecule has 1 aliphatic heterocycles. The summed E-state index contributed by atoms with van der Waals surface area (Å²) in [6.45, 7) is 0.532. The lowest BCUT2D eigenvalue weighted by atomic mass is 10.3. The second-order valence-corrected chi connectivity index (χ2v) is 6.26. The lowest BCUT2D eigenvalue weighted by molar-refractivity contribution is 0.196. The number of hydrogen-bond donors (Lipinski definition) is 0. The molecule has 2 rings (SSSR count). The van der Waals surface area contributed by atoms with E-state index in [9.17, 15) is 12.8 Å². The Balaban J connectivity index is 2.06. The van der Waals surface area contributed by atoms with Crippen LogP contribution in [0.25, 0.3) is 0 Å². The fraction of sp³-hybridized carbons (Fsp3) is 0.556. The van der Waals surface area contributed by atoms with Crippen LogP contribution in [0.4, 0.5) is 4.39 Å². The molecule has 100 valence electrons. The smallest absolute Gasteiger partial charge is 0.255 e. The molecular formula is C9H11ClFN3O3S. The summed E-state index contributed by atoms with van der Waals surface area (Å²) in [6, 6.07) is 0. The molecule has 1 saturated heterocycles. The van der Waals surface area contributed by atoms with Crippen molar-refractivity contribution in [3.05, 3.63) is 17.3 Å². The third-order valence-electron chi connectivity index (χ3n) is 2.54. The summed E-state index contributed by atoms with van der Waals surface area (Å²) in [6.07, 6.45) is 2.08. The summed E-state index contributed by atoms with van der Waals surface area (Å²) in [5.41, 5.74) is 0. The molecule has 9 heteroatoms. The largest absolute Gasteiger partial charge is 0.471 e. The highest BCUT2D eigenvalue weighted by Gasteiger charge is 2.30. The van der Waals surface area contributed by atoms with Crippen LogP contribution in [0.2, 0.25) is 5.28 Å². The molecule has 0 N–H and O–H groups in total. The average molecular weight is 296 g/mol. The minimum absolute atomic E-state index is 0.121. The monoisotopic (exact) mass is 295 g/mol. The van der Waals surface area contributed by atoms with Gasteiger partial charge >= 0.3 is 0 Å². The first-order valence-electron chi connectivity index (χ1n) is 5.16. The molecule has 1 aliphatic rings. The number of halogens is 2. The zero-order valence-electron chi connectivity index (χ0n) is 9.51. The maximum atomic E-state index is 13.3. The number of nitrogens with zero attached hydrogens (tertiary/aromatic N) is 3. The summed E-state index contributed by atoms with van der Waals surface area (Å²) >= 11 is 5.53. The highest BCUT2D eigenvalue weighted by molar-refractivity contribution is 7.88. The number of rotatable bonds is 3. The second kappa shape index (κ2) is 4.94. The minimum atomic E-state index is -3.25. The van der Waals surface area contributed by atoms with Gasteiger partial charge in [0.25, 0.3) is 5.88 Å². The molecular weight excluding hydrogens is 285 g/mol. The van der Waals surface area contributed by atoms with Crippen molar-refractivity contribution in [2.75, 3.05) is 19.3 Å². The van der Waals surface area contributed by atoms with Crippen LogP contribution in [0, 0.1) is 5.82 Å². The Morgan fingerprint density at radius 2 is 2.33 bits per heavy atom. The molecule has 6 nitrogen and oxygen atoms in total. The van der Waals surface area contributed by atoms with E-state index in [-0.39, 0.29) is 17.7 Å². The number of hydrogen-bond acceptors (Lipinski definition) is 5. The lowest BCUT2D eigenvalue weighted by Crippen LogP contribution is -2.30. The van der Waals surface area contributed by atoms with Crippen molar-refractivity contribution < 1.29 is 17.5 Å². The molecule has 18 heavy (non-hydrogen) atoms. The highest BCUT2D eigenvalue weighted by Crippen LogP contribution is 2.21. The Kier molecular flexibility index (Phi) is 3.69. The molecule has 1 aromatic heterocycles. The van der Waals surface area contributed by atoms with Crippen LogP contribution >= 0.6 is 11.6 Å². The van der Waals surface area contributed by atoms with Crippen molar-refractivity contribution in [3.8, 4) is 5.88 Å². The molecule has 2 heterocycles. The molecule has 1 fully saturated rings. The Labute approximate surface area is 109 Å². The van der Waals surface area contributed by atoms with Crippen LogP contribution in [0.15, 0.2) is 6.20 Å². The van der Waals surface area contributed by atoms with Crippen LogP contribution in [0.1, 0.15) is 6.42 Å². The van der Waals surface area contributed by atoms with Crippen molar-refractivity contribution >= 4 is 21.6 Å². The second-order valence-electron chi connectivity index (χ2n) is 3.94. The zero-order valence-corrected chi connectivity index (χ0v) is 11.1. The van der Waals surface area contributed by atoms with Crippen LogP contribution in [0.5, 0.6) is 5.88 Å². The van der Waals surface area contributed by atoms with Gasteiger partial charge in [0.2, 0.25) is 21.1 Å². The molecule has 0 saturated carbocycles. The van der Waals surface area contributed by atoms with Gasteiger partial charge < -0.3 is 4.74 Å². The summed E-state index contributed by atoms with van der Waals surface area (Å²) in [5.74, 6) is -0.979. The van der Waals surface area contributed by atoms with Gasteiger partial charge in [-0.3, -0.25) is 0 Å². The lowest BCUT2D eigenvalue weighted by Gasteiger charge is -2.14. The first-order valence-corrected chi connectivity index (χ1v) is 7.38. The van der Waals surface area contributed by atoms with E-state index < -0.39 is 21.9 Å². The standard InChI is InChI=1S/C9H11ClFN3O3S/c1-18(15,16)14-3-2-6(5-14)17-8-7(11)4-12-9(10)13-8/h4,6H,2-3,5H2,1H3/t6-/m1/s1. The third-order valence-corrected chi connectivity index (χ3v) is 3.99. The molecule has 1 aromatic rings. The van der Waals surface area contributed by atoms with Crippen LogP contribution < -0.4 is 4.74 Å². The Morgan fingerprint density at radius 1 is 1.61 bits per heavy atom. The number of aromatic nitrogens is 2. The minimum Gasteiger partial charge on any atom is -0.471 e. The van der Waals surface area contributed by atoms with Crippen molar-refractivity contribution in [2.45, 2.75) is 12.5 Å². The van der Waals surface area contributed by atoms with Crippen molar-refractivity contribution in [1.82, 2.24) is 14.3 Å². The quantitative estimate of drug-likeness (QED) is 0.767. The SMILES string of the molecule is CS(=O)(=O)N1CC[C@@H](Oc2nc(Cl)ncc2F)C1. The van der Waals surface area contributed by atoms with Gasteiger partial charge in [-0.2, -0.15) is 13.7 Å². The van der Waals surface area contributed by atoms with E-state index in [1.165, 1.54) is 4.31 Å². The molecule has 1 atom stereocenters. The molecule has 0 bridgehead atoms. The molecule has 0 unspecified atom stereocenters. The number of ether oxygens (including phenoxy) is 1. The fourth-order valence-electron chi connectivity index (χ4n) is 1.67. The van der Waals surface area contributed by atoms with Crippen molar-refractivity contribution in [2.24, 2.45) is 0 Å². The van der Waals surface area contributed by atoms with Crippen LogP contribution in [0.3, 0.4) is 0 Å². The third kappa shape index (κ3) is 3.06. The van der Waals surface area contributed by atoms with E-state index in [2.05, 4.69) is 9.97 Å². The first-order chi connectivity index (χ1) is 8.36. The zero-order chi connectivity index (χ0) is 13.3. The maximum absolute atomic E-state index is 13.3. The van der Waals surface area contributed by atoms with E-state index in [0.717, 1.165) is 12.5 Å². The topological polar surface area (TPSA) is 72.4 Å². The van der Waals surface area contributed by atoms with Crippen molar-refractivity contribution in [3.63, 3.8) is 0 Å². The normalized spacial score (nSPS) is 21.2. The summed E-state index contributed by atoms with van der Waals surface area (Å²) in [4.78, 5) is 7.07. The summed E-state index contributed by atoms with van der Waals surface area (Å²) in [7, 11) is -3.25. The van der Waals surface area contributed by atoms with Gasteiger partial charge in [-0.1, -0.05) is 0 Å². The van der Waals surface area contributed by atoms with Gasteiger partial charge in [-0.25, -0.2) is 13.4 Å². The van der Waals surface area contributed by atoms with E-state index in [4.69, 9.17) is 16.3 Å². The molecule has 0 amide bonds. The van der Waals surface area contributed by atoms with E-state index in [0.29, 0.717) is 13.0 Å². The highest BCUT2D eigenvalue weighted by atomic mass is 35.5. The fourth-order valence-corrected chi connectivity index (χ4v) is 2.67. The Hall–Kier alpha value is -0.990. The van der Waals surface area contributed by atoms with E-state index >= 15 is 0 Å². The average Bonchev–Trinajstić information content (AvgIpc) is 2.71. The van der Waals surface area contributed by atoms with Gasteiger partial charge in [-0.15, -0.1) is 0 Å². The Morgan fingerprint density at radius 3 is 2.94 bits per heavy atom. The molecule has 0 aromatic carbocycles. The van der Waals surface area contributed by atoms with Crippen LogP contribution in [-0.2, 0) is 10.0 Å². The van der Waals surface area contributed by atoms with Crippen molar-refractivity contribution in [1.29, 1.82) is 0 Å². The summed E-state index contributed by atoms with van der Waals surface area (Å²) in [5, 5.41) is -0.121. The van der Waals surface area contributed by atoms with E-state index in [1.54, 1.807) is 0 Å². The summed E-state index contributed by atoms with van der Waals surface area (Å²) < 4.78 is 42.5. The van der Waals surface area contributed by atoms with Gasteiger partial charge in [0.1, 0.15) is 6.10 Å². The van der Waals surface area contributed by atoms with Gasteiger partial charge in [0.05, 0.1) is 19.0 Å². The Bertz CT molecular complexity index is 554. The predicted molar refractivity (Wildman–Crippen MR) is 62.4 cm³/mol. The van der Waals surface area contributed by atoms with Crippen LogP contribution in [-0.4, -0.2) is 48.1 Å². The molecule has 0 aliphatic carbocycles. The first kappa shape index (κ1) is 13.4. The van der Waals surface area contributed by atoms with Gasteiger partial charge in [-0.05, 0) is 18.0 Å². The van der Waals surface area contributed by atoms with Gasteiger partial charge in [0.15, 0.2) is 0 Å². The van der Waals surface area contributed by atoms with E-state index in [1.807, 2.05) is 0 Å². The number of sulfonamides is 1.